The van der Waals surface area contributed by atoms with Gasteiger partial charge in [-0.2, -0.15) is 5.26 Å². The van der Waals surface area contributed by atoms with E-state index in [0.29, 0.717) is 6.54 Å². The van der Waals surface area contributed by atoms with Crippen molar-refractivity contribution >= 4 is 5.69 Å². The van der Waals surface area contributed by atoms with E-state index in [4.69, 9.17) is 0 Å². The van der Waals surface area contributed by atoms with Gasteiger partial charge in [-0.05, 0) is 25.0 Å². The maximum Gasteiger partial charge on any atom is 0.110 e. The van der Waals surface area contributed by atoms with E-state index in [1.807, 2.05) is 12.1 Å². The van der Waals surface area contributed by atoms with Crippen LogP contribution < -0.4 is 10.2 Å². The maximum atomic E-state index is 9.36. The van der Waals surface area contributed by atoms with E-state index < -0.39 is 0 Å². The molecule has 0 unspecified atom stereocenters. The topological polar surface area (TPSA) is 39.1 Å². The number of rotatable bonds is 4. The molecule has 18 heavy (non-hydrogen) atoms. The average Bonchev–Trinajstić information content (AvgIpc) is 2.47. The zero-order valence-electron chi connectivity index (χ0n) is 10.6. The van der Waals surface area contributed by atoms with Gasteiger partial charge in [-0.15, -0.1) is 6.58 Å². The molecule has 1 aromatic carbocycles. The SMILES string of the molecule is C=CCNC1(C#N)CCN(c2ccccc2)CC1. The lowest BCUT2D eigenvalue weighted by molar-refractivity contribution is 0.344. The van der Waals surface area contributed by atoms with Crippen LogP contribution in [0.25, 0.3) is 0 Å². The molecule has 0 spiro atoms. The van der Waals surface area contributed by atoms with Crippen LogP contribution in [-0.4, -0.2) is 25.2 Å². The monoisotopic (exact) mass is 241 g/mol. The molecule has 0 bridgehead atoms. The number of hydrogen-bond acceptors (Lipinski definition) is 3. The minimum Gasteiger partial charge on any atom is -0.371 e. The molecule has 0 atom stereocenters. The molecule has 0 aromatic heterocycles. The van der Waals surface area contributed by atoms with Crippen LogP contribution in [0, 0.1) is 11.3 Å². The van der Waals surface area contributed by atoms with Gasteiger partial charge in [0.05, 0.1) is 6.07 Å². The smallest absolute Gasteiger partial charge is 0.110 e. The molecule has 1 fully saturated rings. The summed E-state index contributed by atoms with van der Waals surface area (Å²) < 4.78 is 0. The quantitative estimate of drug-likeness (QED) is 0.822. The van der Waals surface area contributed by atoms with Crippen LogP contribution in [0.1, 0.15) is 12.8 Å². The van der Waals surface area contributed by atoms with Crippen molar-refractivity contribution < 1.29 is 0 Å². The number of hydrogen-bond donors (Lipinski definition) is 1. The van der Waals surface area contributed by atoms with Crippen LogP contribution in [0.15, 0.2) is 43.0 Å². The van der Waals surface area contributed by atoms with Crippen molar-refractivity contribution in [3.8, 4) is 6.07 Å². The van der Waals surface area contributed by atoms with Crippen LogP contribution in [0.4, 0.5) is 5.69 Å². The Hall–Kier alpha value is -1.79. The highest BCUT2D eigenvalue weighted by Gasteiger charge is 2.33. The van der Waals surface area contributed by atoms with E-state index in [1.54, 1.807) is 0 Å². The molecular formula is C15H19N3. The van der Waals surface area contributed by atoms with Gasteiger partial charge in [0.1, 0.15) is 5.54 Å². The predicted molar refractivity (Wildman–Crippen MR) is 74.4 cm³/mol. The van der Waals surface area contributed by atoms with E-state index in [9.17, 15) is 5.26 Å². The summed E-state index contributed by atoms with van der Waals surface area (Å²) in [4.78, 5) is 2.34. The van der Waals surface area contributed by atoms with E-state index >= 15 is 0 Å². The first-order chi connectivity index (χ1) is 8.79. The summed E-state index contributed by atoms with van der Waals surface area (Å²) in [6.45, 7) is 6.22. The Bertz CT molecular complexity index is 425. The molecule has 1 aliphatic heterocycles. The molecule has 1 aliphatic rings. The average molecular weight is 241 g/mol. The lowest BCUT2D eigenvalue weighted by Gasteiger charge is -2.38. The van der Waals surface area contributed by atoms with Crippen molar-refractivity contribution in [3.05, 3.63) is 43.0 Å². The summed E-state index contributed by atoms with van der Waals surface area (Å²) in [7, 11) is 0. The Morgan fingerprint density at radius 3 is 2.56 bits per heavy atom. The van der Waals surface area contributed by atoms with Gasteiger partial charge in [0.2, 0.25) is 0 Å². The molecule has 1 heterocycles. The third-order valence-electron chi connectivity index (χ3n) is 3.54. The number of para-hydroxylation sites is 1. The van der Waals surface area contributed by atoms with Crippen LogP contribution in [0.2, 0.25) is 0 Å². The van der Waals surface area contributed by atoms with Crippen LogP contribution in [0.3, 0.4) is 0 Å². The Morgan fingerprint density at radius 2 is 2.00 bits per heavy atom. The van der Waals surface area contributed by atoms with E-state index in [-0.39, 0.29) is 5.54 Å². The van der Waals surface area contributed by atoms with Crippen molar-refractivity contribution in [1.29, 1.82) is 5.26 Å². The molecule has 1 aromatic rings. The Kier molecular flexibility index (Phi) is 4.01. The predicted octanol–water partition coefficient (Wildman–Crippen LogP) is 2.32. The number of nitrogens with zero attached hydrogens (tertiary/aromatic N) is 2. The minimum absolute atomic E-state index is 0.376. The van der Waals surface area contributed by atoms with Gasteiger partial charge >= 0.3 is 0 Å². The first kappa shape index (κ1) is 12.7. The van der Waals surface area contributed by atoms with E-state index in [2.05, 4.69) is 47.1 Å². The van der Waals surface area contributed by atoms with E-state index in [0.717, 1.165) is 25.9 Å². The summed E-state index contributed by atoms with van der Waals surface area (Å²) in [5.41, 5.74) is 0.868. The molecule has 0 saturated carbocycles. The van der Waals surface area contributed by atoms with Crippen molar-refractivity contribution in [2.45, 2.75) is 18.4 Å². The highest BCUT2D eigenvalue weighted by molar-refractivity contribution is 5.46. The molecule has 1 N–H and O–H groups in total. The molecule has 0 aliphatic carbocycles. The molecule has 3 nitrogen and oxygen atoms in total. The van der Waals surface area contributed by atoms with Gasteiger partial charge in [-0.25, -0.2) is 0 Å². The zero-order chi connectivity index (χ0) is 12.8. The van der Waals surface area contributed by atoms with Gasteiger partial charge in [-0.3, -0.25) is 5.32 Å². The fourth-order valence-corrected chi connectivity index (χ4v) is 2.38. The van der Waals surface area contributed by atoms with Crippen LogP contribution in [-0.2, 0) is 0 Å². The lowest BCUT2D eigenvalue weighted by Crippen LogP contribution is -2.52. The first-order valence-electron chi connectivity index (χ1n) is 6.37. The van der Waals surface area contributed by atoms with Crippen molar-refractivity contribution in [3.63, 3.8) is 0 Å². The summed E-state index contributed by atoms with van der Waals surface area (Å²) in [6, 6.07) is 12.8. The molecule has 94 valence electrons. The second-order valence-electron chi connectivity index (χ2n) is 4.69. The van der Waals surface area contributed by atoms with Gasteiger partial charge in [0.25, 0.3) is 0 Å². The Balaban J connectivity index is 1.99. The van der Waals surface area contributed by atoms with Crippen molar-refractivity contribution in [2.24, 2.45) is 0 Å². The normalized spacial score (nSPS) is 18.1. The zero-order valence-corrected chi connectivity index (χ0v) is 10.6. The van der Waals surface area contributed by atoms with Crippen LogP contribution >= 0.6 is 0 Å². The number of nitriles is 1. The largest absolute Gasteiger partial charge is 0.371 e. The molecule has 3 heteroatoms. The van der Waals surface area contributed by atoms with E-state index in [1.165, 1.54) is 5.69 Å². The fraction of sp³-hybridized carbons (Fsp3) is 0.400. The minimum atomic E-state index is -0.376. The summed E-state index contributed by atoms with van der Waals surface area (Å²) in [5, 5.41) is 12.7. The summed E-state index contributed by atoms with van der Waals surface area (Å²) in [5.74, 6) is 0. The first-order valence-corrected chi connectivity index (χ1v) is 6.37. The fourth-order valence-electron chi connectivity index (χ4n) is 2.38. The molecule has 1 saturated heterocycles. The molecule has 2 rings (SSSR count). The van der Waals surface area contributed by atoms with Crippen molar-refractivity contribution in [1.82, 2.24) is 5.32 Å². The second-order valence-corrected chi connectivity index (χ2v) is 4.69. The molecule has 0 amide bonds. The number of benzene rings is 1. The number of nitrogens with one attached hydrogen (secondary N) is 1. The third kappa shape index (κ3) is 2.72. The molecule has 0 radical (unpaired) electrons. The highest BCUT2D eigenvalue weighted by atomic mass is 15.2. The Labute approximate surface area is 109 Å². The van der Waals surface area contributed by atoms with Crippen LogP contribution in [0.5, 0.6) is 0 Å². The van der Waals surface area contributed by atoms with Gasteiger partial charge in [0, 0.05) is 25.3 Å². The Morgan fingerprint density at radius 1 is 1.33 bits per heavy atom. The standard InChI is InChI=1S/C15H19N3/c1-2-10-17-15(13-16)8-11-18(12-9-15)14-6-4-3-5-7-14/h2-7,17H,1,8-12H2. The third-order valence-corrected chi connectivity index (χ3v) is 3.54. The maximum absolute atomic E-state index is 9.36. The highest BCUT2D eigenvalue weighted by Crippen LogP contribution is 2.25. The van der Waals surface area contributed by atoms with Gasteiger partial charge in [0.15, 0.2) is 0 Å². The van der Waals surface area contributed by atoms with Gasteiger partial charge in [-0.1, -0.05) is 24.3 Å². The van der Waals surface area contributed by atoms with Crippen molar-refractivity contribution in [2.75, 3.05) is 24.5 Å². The summed E-state index contributed by atoms with van der Waals surface area (Å²) in [6.07, 6.45) is 3.52. The van der Waals surface area contributed by atoms with Gasteiger partial charge < -0.3 is 4.90 Å². The second kappa shape index (κ2) is 5.70. The molecular weight excluding hydrogens is 222 g/mol. The number of piperidine rings is 1. The lowest BCUT2D eigenvalue weighted by atomic mass is 9.88. The summed E-state index contributed by atoms with van der Waals surface area (Å²) >= 11 is 0. The number of anilines is 1.